The molecule has 0 bridgehead atoms. The fourth-order valence-corrected chi connectivity index (χ4v) is 1.57. The summed E-state index contributed by atoms with van der Waals surface area (Å²) in [5, 5.41) is 11.2. The molecule has 0 aliphatic carbocycles. The number of aromatic carboxylic acids is 1. The van der Waals surface area contributed by atoms with Crippen LogP contribution in [-0.2, 0) is 6.54 Å². The van der Waals surface area contributed by atoms with E-state index in [2.05, 4.69) is 5.10 Å². The van der Waals surface area contributed by atoms with Gasteiger partial charge in [-0.25, -0.2) is 9.48 Å². The van der Waals surface area contributed by atoms with Crippen molar-refractivity contribution in [2.45, 2.75) is 13.5 Å². The second-order valence-corrected chi connectivity index (χ2v) is 3.72. The van der Waals surface area contributed by atoms with Gasteiger partial charge in [-0.1, -0.05) is 0 Å². The Kier molecular flexibility index (Phi) is 2.88. The topological polar surface area (TPSA) is 105 Å². The van der Waals surface area contributed by atoms with Gasteiger partial charge in [-0.05, 0) is 13.0 Å². The number of hydrogen-bond donors (Lipinski definition) is 2. The molecule has 0 amide bonds. The van der Waals surface area contributed by atoms with E-state index in [0.29, 0.717) is 0 Å². The number of carbonyl (C=O) groups is 1. The number of furan rings is 1. The van der Waals surface area contributed by atoms with Crippen LogP contribution in [0.4, 0.5) is 0 Å². The van der Waals surface area contributed by atoms with Crippen LogP contribution in [0.5, 0.6) is 0 Å². The maximum Gasteiger partial charge on any atom is 0.339 e. The molecule has 0 atom stereocenters. The number of carboxylic acid groups (broad SMARTS) is 1. The van der Waals surface area contributed by atoms with Gasteiger partial charge in [-0.2, -0.15) is 0 Å². The molecule has 0 aliphatic rings. The maximum atomic E-state index is 11.4. The van der Waals surface area contributed by atoms with E-state index >= 15 is 0 Å². The smallest absolute Gasteiger partial charge is 0.339 e. The molecule has 0 aromatic carbocycles. The van der Waals surface area contributed by atoms with Crippen LogP contribution in [0.1, 0.15) is 21.9 Å². The van der Waals surface area contributed by atoms with Gasteiger partial charge in [0.2, 0.25) is 0 Å². The third-order valence-electron chi connectivity index (χ3n) is 2.40. The first-order valence-electron chi connectivity index (χ1n) is 5.10. The minimum Gasteiger partial charge on any atom is -0.478 e. The van der Waals surface area contributed by atoms with Crippen LogP contribution in [0.15, 0.2) is 32.2 Å². The standard InChI is InChI=1S/C11H10N2O5/c1-6-8(11(16)17)4-7(18-6)5-13-10(15)3-2-9(14)12-13/h2-4H,5H2,1H3,(H,12,14)(H,16,17). The Labute approximate surface area is 100 Å². The Morgan fingerprint density at radius 1 is 1.44 bits per heavy atom. The zero-order chi connectivity index (χ0) is 13.3. The van der Waals surface area contributed by atoms with Gasteiger partial charge >= 0.3 is 5.97 Å². The van der Waals surface area contributed by atoms with Crippen LogP contribution in [0.3, 0.4) is 0 Å². The van der Waals surface area contributed by atoms with Crippen molar-refractivity contribution in [2.75, 3.05) is 0 Å². The monoisotopic (exact) mass is 250 g/mol. The Morgan fingerprint density at radius 3 is 2.78 bits per heavy atom. The van der Waals surface area contributed by atoms with E-state index in [0.717, 1.165) is 16.8 Å². The number of carboxylic acids is 1. The summed E-state index contributed by atoms with van der Waals surface area (Å²) >= 11 is 0. The first-order valence-corrected chi connectivity index (χ1v) is 5.10. The molecule has 2 rings (SSSR count). The van der Waals surface area contributed by atoms with E-state index in [-0.39, 0.29) is 23.6 Å². The van der Waals surface area contributed by atoms with E-state index < -0.39 is 17.1 Å². The highest BCUT2D eigenvalue weighted by molar-refractivity contribution is 5.88. The number of aromatic amines is 1. The first kappa shape index (κ1) is 11.9. The van der Waals surface area contributed by atoms with Crippen LogP contribution in [0, 0.1) is 6.92 Å². The normalized spacial score (nSPS) is 10.5. The van der Waals surface area contributed by atoms with E-state index in [1.54, 1.807) is 0 Å². The fraction of sp³-hybridized carbons (Fsp3) is 0.182. The molecule has 0 spiro atoms. The number of aryl methyl sites for hydroxylation is 1. The van der Waals surface area contributed by atoms with Crippen molar-refractivity contribution in [3.05, 3.63) is 56.0 Å². The lowest BCUT2D eigenvalue weighted by Gasteiger charge is -2.01. The molecule has 0 saturated heterocycles. The predicted octanol–water partition coefficient (Wildman–Crippen LogP) is 0.185. The molecule has 0 unspecified atom stereocenters. The predicted molar refractivity (Wildman–Crippen MR) is 60.8 cm³/mol. The molecule has 18 heavy (non-hydrogen) atoms. The molecule has 0 aliphatic heterocycles. The molecule has 94 valence electrons. The SMILES string of the molecule is Cc1oc(Cn2[nH]c(=O)ccc2=O)cc1C(=O)O. The third-order valence-corrected chi connectivity index (χ3v) is 2.40. The Balaban J connectivity index is 2.37. The highest BCUT2D eigenvalue weighted by Crippen LogP contribution is 2.14. The minimum absolute atomic E-state index is 0.0248. The van der Waals surface area contributed by atoms with Gasteiger partial charge < -0.3 is 9.52 Å². The van der Waals surface area contributed by atoms with Crippen LogP contribution >= 0.6 is 0 Å². The summed E-state index contributed by atoms with van der Waals surface area (Å²) in [5.74, 6) is -0.561. The molecular weight excluding hydrogens is 240 g/mol. The maximum absolute atomic E-state index is 11.4. The van der Waals surface area contributed by atoms with Crippen molar-refractivity contribution in [3.8, 4) is 0 Å². The van der Waals surface area contributed by atoms with Crippen molar-refractivity contribution in [1.29, 1.82) is 0 Å². The highest BCUT2D eigenvalue weighted by Gasteiger charge is 2.14. The number of rotatable bonds is 3. The largest absolute Gasteiger partial charge is 0.478 e. The fourth-order valence-electron chi connectivity index (χ4n) is 1.57. The van der Waals surface area contributed by atoms with Crippen molar-refractivity contribution < 1.29 is 14.3 Å². The van der Waals surface area contributed by atoms with E-state index in [1.165, 1.54) is 13.0 Å². The Hall–Kier alpha value is -2.57. The average molecular weight is 250 g/mol. The summed E-state index contributed by atoms with van der Waals surface area (Å²) in [5.41, 5.74) is -0.784. The summed E-state index contributed by atoms with van der Waals surface area (Å²) in [6.07, 6.45) is 0. The minimum atomic E-state index is -1.10. The molecule has 2 N–H and O–H groups in total. The third kappa shape index (κ3) is 2.24. The quantitative estimate of drug-likeness (QED) is 0.808. The Bertz CT molecular complexity index is 707. The van der Waals surface area contributed by atoms with Gasteiger partial charge in [0.1, 0.15) is 23.6 Å². The summed E-state index contributed by atoms with van der Waals surface area (Å²) in [6, 6.07) is 3.58. The zero-order valence-corrected chi connectivity index (χ0v) is 9.47. The Morgan fingerprint density at radius 2 is 2.17 bits per heavy atom. The summed E-state index contributed by atoms with van der Waals surface area (Å²) < 4.78 is 6.26. The molecule has 0 saturated carbocycles. The second-order valence-electron chi connectivity index (χ2n) is 3.72. The lowest BCUT2D eigenvalue weighted by molar-refractivity contribution is 0.0695. The van der Waals surface area contributed by atoms with Crippen LogP contribution in [-0.4, -0.2) is 20.9 Å². The molecule has 7 nitrogen and oxygen atoms in total. The molecule has 0 radical (unpaired) electrons. The molecule has 0 fully saturated rings. The molecule has 2 aromatic heterocycles. The van der Waals surface area contributed by atoms with E-state index in [4.69, 9.17) is 9.52 Å². The number of H-pyrrole nitrogens is 1. The zero-order valence-electron chi connectivity index (χ0n) is 9.47. The van der Waals surface area contributed by atoms with Crippen LogP contribution in [0.25, 0.3) is 0 Å². The number of nitrogens with zero attached hydrogens (tertiary/aromatic N) is 1. The van der Waals surface area contributed by atoms with E-state index in [9.17, 15) is 14.4 Å². The lowest BCUT2D eigenvalue weighted by Crippen LogP contribution is -2.28. The van der Waals surface area contributed by atoms with Gasteiger partial charge in [0, 0.05) is 12.1 Å². The van der Waals surface area contributed by atoms with Gasteiger partial charge in [0.05, 0.1) is 0 Å². The van der Waals surface area contributed by atoms with Gasteiger partial charge in [-0.3, -0.25) is 14.7 Å². The number of aromatic nitrogens is 2. The number of nitrogens with one attached hydrogen (secondary N) is 1. The molecule has 2 heterocycles. The lowest BCUT2D eigenvalue weighted by atomic mass is 10.2. The van der Waals surface area contributed by atoms with Crippen molar-refractivity contribution in [3.63, 3.8) is 0 Å². The molecule has 7 heteroatoms. The molecule has 2 aromatic rings. The average Bonchev–Trinajstić information content (AvgIpc) is 2.65. The first-order chi connectivity index (χ1) is 8.47. The summed E-state index contributed by atoms with van der Waals surface area (Å²) in [6.45, 7) is 1.49. The van der Waals surface area contributed by atoms with Crippen molar-refractivity contribution in [2.24, 2.45) is 0 Å². The highest BCUT2D eigenvalue weighted by atomic mass is 16.4. The van der Waals surface area contributed by atoms with Gasteiger partial charge in [-0.15, -0.1) is 0 Å². The summed E-state index contributed by atoms with van der Waals surface area (Å²) in [7, 11) is 0. The van der Waals surface area contributed by atoms with Crippen LogP contribution in [0.2, 0.25) is 0 Å². The van der Waals surface area contributed by atoms with Crippen LogP contribution < -0.4 is 11.1 Å². The molecular formula is C11H10N2O5. The van der Waals surface area contributed by atoms with Crippen molar-refractivity contribution in [1.82, 2.24) is 9.78 Å². The second kappa shape index (κ2) is 4.36. The summed E-state index contributed by atoms with van der Waals surface area (Å²) in [4.78, 5) is 33.3. The van der Waals surface area contributed by atoms with E-state index in [1.807, 2.05) is 0 Å². The van der Waals surface area contributed by atoms with Crippen molar-refractivity contribution >= 4 is 5.97 Å². The van der Waals surface area contributed by atoms with Gasteiger partial charge in [0.15, 0.2) is 0 Å². The number of hydrogen-bond acceptors (Lipinski definition) is 4. The van der Waals surface area contributed by atoms with Gasteiger partial charge in [0.25, 0.3) is 11.1 Å².